The Hall–Kier alpha value is -2.93. The van der Waals surface area contributed by atoms with Crippen LogP contribution in [-0.2, 0) is 0 Å². The molecule has 7 nitrogen and oxygen atoms in total. The van der Waals surface area contributed by atoms with Crippen molar-refractivity contribution in [3.05, 3.63) is 41.5 Å². The van der Waals surface area contributed by atoms with Gasteiger partial charge in [-0.15, -0.1) is 0 Å². The Morgan fingerprint density at radius 1 is 1.00 bits per heavy atom. The Kier molecular flexibility index (Phi) is 4.90. The van der Waals surface area contributed by atoms with Crippen LogP contribution in [0.15, 0.2) is 30.3 Å². The molecule has 3 rings (SSSR count). The van der Waals surface area contributed by atoms with Gasteiger partial charge in [-0.3, -0.25) is 4.79 Å². The first-order valence-electron chi connectivity index (χ1n) is 7.91. The molecule has 2 unspecified atom stereocenters. The third kappa shape index (κ3) is 2.90. The predicted molar refractivity (Wildman–Crippen MR) is 92.8 cm³/mol. The smallest absolute Gasteiger partial charge is 0.202 e. The first kappa shape index (κ1) is 17.9. The number of methoxy groups -OCH3 is 4. The summed E-state index contributed by atoms with van der Waals surface area (Å²) in [6, 6.07) is 8.24. The second kappa shape index (κ2) is 7.13. The highest BCUT2D eigenvalue weighted by Crippen LogP contribution is 2.43. The molecule has 26 heavy (non-hydrogen) atoms. The summed E-state index contributed by atoms with van der Waals surface area (Å²) in [7, 11) is 5.99. The standard InChI is InChI=1S/C19H20O7/c1-22-11-8-14(25-4)16-15(9-11)26-19(18(21)17(16)20)10-5-6-12(23-2)13(7-10)24-3/h5-9,18-19,21H,1-4H3/i1-9,4-9. The molecule has 0 aromatic heterocycles. The molecule has 0 bridgehead atoms. The maximum absolute atomic E-state index is 12.8. The molecule has 2 aromatic carbocycles. The molecule has 0 saturated heterocycles. The fourth-order valence-electron chi connectivity index (χ4n) is 2.95. The highest BCUT2D eigenvalue weighted by atomic mass is 16.5. The fraction of sp³-hybridized carbons (Fsp3) is 0.316. The van der Waals surface area contributed by atoms with Gasteiger partial charge in [0.2, 0.25) is 5.78 Å². The van der Waals surface area contributed by atoms with Crippen molar-refractivity contribution in [3.63, 3.8) is 0 Å². The van der Waals surface area contributed by atoms with Crippen LogP contribution in [0.2, 0.25) is 0 Å². The molecule has 1 heterocycles. The lowest BCUT2D eigenvalue weighted by Crippen LogP contribution is -2.36. The SMILES string of the molecule is COc1ccc(C2Oc3cc(O[3CH3])cc(O[3CH3])c3C(=O)C2O)cc1OC. The zero-order valence-corrected chi connectivity index (χ0v) is 14.9. The zero-order valence-electron chi connectivity index (χ0n) is 14.9. The maximum Gasteiger partial charge on any atom is 0.202 e. The monoisotopic (exact) mass is 342 g/mol. The summed E-state index contributed by atoms with van der Waals surface area (Å²) in [6.07, 6.45) is -2.28. The van der Waals surface area contributed by atoms with Gasteiger partial charge in [-0.1, -0.05) is 6.07 Å². The largest absolute Gasteiger partial charge is 0.496 e. The van der Waals surface area contributed by atoms with E-state index in [2.05, 4.69) is 0 Å². The normalized spacial score (nSPS) is 18.6. The summed E-state index contributed by atoms with van der Waals surface area (Å²) < 4.78 is 26.9. The van der Waals surface area contributed by atoms with Crippen molar-refractivity contribution in [1.29, 1.82) is 0 Å². The zero-order chi connectivity index (χ0) is 18.8. The van der Waals surface area contributed by atoms with Gasteiger partial charge in [-0.05, 0) is 17.7 Å². The number of carbonyl (C=O) groups is 1. The van der Waals surface area contributed by atoms with Gasteiger partial charge in [0.25, 0.3) is 0 Å². The number of fused-ring (bicyclic) bond motifs is 1. The van der Waals surface area contributed by atoms with Crippen molar-refractivity contribution in [2.75, 3.05) is 28.4 Å². The number of ether oxygens (including phenoxy) is 5. The average molecular weight is 342 g/mol. The van der Waals surface area contributed by atoms with E-state index in [0.29, 0.717) is 22.8 Å². The number of ketones is 1. The summed E-state index contributed by atoms with van der Waals surface area (Å²) in [5.74, 6) is 1.59. The van der Waals surface area contributed by atoms with Gasteiger partial charge in [0.1, 0.15) is 22.8 Å². The van der Waals surface area contributed by atoms with E-state index in [1.807, 2.05) is 0 Å². The van der Waals surface area contributed by atoms with Crippen LogP contribution < -0.4 is 23.7 Å². The molecule has 1 aliphatic heterocycles. The molecule has 1 aliphatic rings. The van der Waals surface area contributed by atoms with E-state index in [0.717, 1.165) is 0 Å². The number of hydrogen-bond donors (Lipinski definition) is 1. The number of aliphatic hydroxyl groups is 1. The van der Waals surface area contributed by atoms with E-state index in [4.69, 9.17) is 23.7 Å². The molecule has 2 atom stereocenters. The molecule has 0 aliphatic carbocycles. The Bertz CT molecular complexity index is 831. The molecule has 0 fully saturated rings. The van der Waals surface area contributed by atoms with Crippen LogP contribution in [0.4, 0.5) is 0 Å². The summed E-state index contributed by atoms with van der Waals surface area (Å²) in [4.78, 5) is 12.8. The molecule has 0 amide bonds. The van der Waals surface area contributed by atoms with E-state index < -0.39 is 18.0 Å². The lowest BCUT2D eigenvalue weighted by atomic mass is 2.92. The van der Waals surface area contributed by atoms with Gasteiger partial charge in [0.15, 0.2) is 23.7 Å². The summed E-state index contributed by atoms with van der Waals surface area (Å²) in [5.41, 5.74) is 0.772. The predicted octanol–water partition coefficient (Wildman–Crippen LogP) is 2.40. The van der Waals surface area contributed by atoms with Crippen LogP contribution in [-0.4, -0.2) is 45.4 Å². The lowest BCUT2D eigenvalue weighted by molar-refractivity contribution is 0.0209. The second-order valence-electron chi connectivity index (χ2n) is 5.66. The van der Waals surface area contributed by atoms with E-state index in [1.165, 1.54) is 28.4 Å². The van der Waals surface area contributed by atoms with Gasteiger partial charge in [0, 0.05) is 12.1 Å². The summed E-state index contributed by atoms with van der Waals surface area (Å²) >= 11 is 0. The number of benzene rings is 2. The Morgan fingerprint density at radius 3 is 2.35 bits per heavy atom. The van der Waals surface area contributed by atoms with E-state index in [1.54, 1.807) is 30.3 Å². The fourth-order valence-corrected chi connectivity index (χ4v) is 2.95. The molecular formula is C19H20O7. The summed E-state index contributed by atoms with van der Waals surface area (Å²) in [5, 5.41) is 10.5. The van der Waals surface area contributed by atoms with Gasteiger partial charge in [-0.2, -0.15) is 0 Å². The average Bonchev–Trinajstić information content (AvgIpc) is 2.68. The van der Waals surface area contributed by atoms with Crippen LogP contribution in [0, 0.1) is 0 Å². The number of rotatable bonds is 5. The van der Waals surface area contributed by atoms with Crippen LogP contribution in [0.3, 0.4) is 0 Å². The topological polar surface area (TPSA) is 83.5 Å². The Morgan fingerprint density at radius 2 is 1.73 bits per heavy atom. The third-order valence-electron chi connectivity index (χ3n) is 4.29. The third-order valence-corrected chi connectivity index (χ3v) is 4.29. The van der Waals surface area contributed by atoms with E-state index >= 15 is 0 Å². The van der Waals surface area contributed by atoms with Crippen molar-refractivity contribution in [1.82, 2.24) is 0 Å². The van der Waals surface area contributed by atoms with E-state index in [9.17, 15) is 9.90 Å². The minimum absolute atomic E-state index is 0.192. The first-order chi connectivity index (χ1) is 12.5. The number of carbonyl (C=O) groups excluding carboxylic acids is 1. The number of Topliss-reactive ketones (excluding diaryl/α,β-unsaturated/α-hetero) is 1. The van der Waals surface area contributed by atoms with Crippen molar-refractivity contribution < 1.29 is 33.6 Å². The first-order valence-corrected chi connectivity index (χ1v) is 7.91. The second-order valence-corrected chi connectivity index (χ2v) is 5.66. The Labute approximate surface area is 151 Å². The van der Waals surface area contributed by atoms with Crippen LogP contribution >= 0.6 is 0 Å². The van der Waals surface area contributed by atoms with E-state index in [-0.39, 0.29) is 17.1 Å². The van der Waals surface area contributed by atoms with Crippen molar-refractivity contribution >= 4 is 5.78 Å². The Balaban J connectivity index is 2.06. The molecular weight excluding hydrogens is 322 g/mol. The molecule has 0 spiro atoms. The molecule has 2 aromatic rings. The lowest BCUT2D eigenvalue weighted by Gasteiger charge is -2.31. The van der Waals surface area contributed by atoms with Crippen LogP contribution in [0.5, 0.6) is 28.7 Å². The molecule has 7 heteroatoms. The molecule has 0 radical (unpaired) electrons. The minimum Gasteiger partial charge on any atom is -0.496 e. The van der Waals surface area contributed by atoms with Gasteiger partial charge >= 0.3 is 0 Å². The van der Waals surface area contributed by atoms with Gasteiger partial charge in [-0.25, -0.2) is 0 Å². The highest BCUT2D eigenvalue weighted by Gasteiger charge is 2.39. The maximum atomic E-state index is 12.8. The van der Waals surface area contributed by atoms with Crippen molar-refractivity contribution in [3.8, 4) is 28.7 Å². The molecule has 138 valence electrons. The quantitative estimate of drug-likeness (QED) is 0.893. The van der Waals surface area contributed by atoms with Gasteiger partial charge in [0.05, 0.1) is 28.4 Å². The van der Waals surface area contributed by atoms with Crippen LogP contribution in [0.25, 0.3) is 0 Å². The van der Waals surface area contributed by atoms with Crippen molar-refractivity contribution in [2.24, 2.45) is 0 Å². The number of hydrogen-bond acceptors (Lipinski definition) is 7. The molecule has 0 saturated carbocycles. The minimum atomic E-state index is -1.39. The van der Waals surface area contributed by atoms with Crippen LogP contribution in [0.1, 0.15) is 22.0 Å². The van der Waals surface area contributed by atoms with Crippen molar-refractivity contribution in [2.45, 2.75) is 12.2 Å². The summed E-state index contributed by atoms with van der Waals surface area (Å²) in [6.45, 7) is 0. The molecule has 1 N–H and O–H groups in total. The van der Waals surface area contributed by atoms with Gasteiger partial charge < -0.3 is 28.8 Å². The number of aliphatic hydroxyl groups excluding tert-OH is 1. The highest BCUT2D eigenvalue weighted by molar-refractivity contribution is 6.05.